The Morgan fingerprint density at radius 3 is 2.18 bits per heavy atom. The molecule has 0 aliphatic carbocycles. The van der Waals surface area contributed by atoms with Crippen molar-refractivity contribution in [3.8, 4) is 0 Å². The molecule has 2 rings (SSSR count). The highest BCUT2D eigenvalue weighted by Gasteiger charge is 2.37. The number of fused-ring (bicyclic) bond motifs is 2. The van der Waals surface area contributed by atoms with Crippen LogP contribution in [0, 0.1) is 5.92 Å². The maximum atomic E-state index is 12.5. The van der Waals surface area contributed by atoms with Crippen LogP contribution in [0.25, 0.3) is 0 Å². The van der Waals surface area contributed by atoms with Gasteiger partial charge in [-0.05, 0) is 30.9 Å². The van der Waals surface area contributed by atoms with E-state index in [2.05, 4.69) is 31.5 Å². The number of nitrogens with one attached hydrogen (secondary N) is 1. The second-order valence-corrected chi connectivity index (χ2v) is 11.9. The summed E-state index contributed by atoms with van der Waals surface area (Å²) in [6.07, 6.45) is 5.91. The van der Waals surface area contributed by atoms with Crippen LogP contribution in [0.3, 0.4) is 0 Å². The Morgan fingerprint density at radius 2 is 1.71 bits per heavy atom. The lowest BCUT2D eigenvalue weighted by atomic mass is 9.78. The van der Waals surface area contributed by atoms with E-state index in [9.17, 15) is 4.79 Å². The molecule has 2 nitrogen and oxygen atoms in total. The molecular formula is C14H25NOSi. The Bertz CT molecular complexity index is 320. The molecule has 2 unspecified atom stereocenters. The first kappa shape index (κ1) is 13.0. The zero-order valence-electron chi connectivity index (χ0n) is 11.4. The van der Waals surface area contributed by atoms with Crippen molar-refractivity contribution in [1.82, 2.24) is 5.32 Å². The fourth-order valence-electron chi connectivity index (χ4n) is 3.10. The van der Waals surface area contributed by atoms with Gasteiger partial charge in [-0.25, -0.2) is 0 Å². The van der Waals surface area contributed by atoms with Gasteiger partial charge in [-0.2, -0.15) is 0 Å². The molecule has 2 bridgehead atoms. The summed E-state index contributed by atoms with van der Waals surface area (Å²) in [6, 6.07) is 1.18. The number of Topliss-reactive ketones (excluding diaryl/α,β-unsaturated/α-hetero) is 1. The van der Waals surface area contributed by atoms with E-state index in [1.165, 1.54) is 19.3 Å². The smallest absolute Gasteiger partial charge is 0.157 e. The lowest BCUT2D eigenvalue weighted by Crippen LogP contribution is -2.50. The van der Waals surface area contributed by atoms with Gasteiger partial charge < -0.3 is 5.32 Å². The highest BCUT2D eigenvalue weighted by Crippen LogP contribution is 2.32. The lowest BCUT2D eigenvalue weighted by molar-refractivity contribution is -0.120. The summed E-state index contributed by atoms with van der Waals surface area (Å²) in [6.45, 7) is 10.7. The van der Waals surface area contributed by atoms with Crippen molar-refractivity contribution >= 4 is 13.9 Å². The maximum Gasteiger partial charge on any atom is 0.157 e. The van der Waals surface area contributed by atoms with Crippen molar-refractivity contribution < 1.29 is 4.79 Å². The van der Waals surface area contributed by atoms with Crippen molar-refractivity contribution in [2.45, 2.75) is 63.8 Å². The highest BCUT2D eigenvalue weighted by molar-refractivity contribution is 6.87. The van der Waals surface area contributed by atoms with E-state index >= 15 is 0 Å². The van der Waals surface area contributed by atoms with Crippen LogP contribution in [0.1, 0.15) is 32.1 Å². The molecule has 0 aromatic heterocycles. The van der Waals surface area contributed by atoms with Gasteiger partial charge in [-0.15, -0.1) is 0 Å². The molecule has 2 heterocycles. The van der Waals surface area contributed by atoms with Crippen molar-refractivity contribution in [2.75, 3.05) is 0 Å². The standard InChI is InChI=1S/C14H25NOSi/c1-10(17(2,3)4)14(16)11-8-12-6-5-7-13(9-11)15-12/h11-13,15H,1,5-9H2,2-4H3. The number of ketones is 1. The van der Waals surface area contributed by atoms with Crippen molar-refractivity contribution in [3.63, 3.8) is 0 Å². The van der Waals surface area contributed by atoms with Crippen LogP contribution >= 0.6 is 0 Å². The molecule has 0 aromatic rings. The molecule has 0 radical (unpaired) electrons. The van der Waals surface area contributed by atoms with E-state index in [-0.39, 0.29) is 5.92 Å². The minimum absolute atomic E-state index is 0.255. The van der Waals surface area contributed by atoms with E-state index < -0.39 is 8.07 Å². The minimum Gasteiger partial charge on any atom is -0.311 e. The van der Waals surface area contributed by atoms with Crippen molar-refractivity contribution in [2.24, 2.45) is 5.92 Å². The average molecular weight is 251 g/mol. The van der Waals surface area contributed by atoms with E-state index in [1.54, 1.807) is 0 Å². The molecular weight excluding hydrogens is 226 g/mol. The van der Waals surface area contributed by atoms with Gasteiger partial charge in [0.25, 0.3) is 0 Å². The van der Waals surface area contributed by atoms with Gasteiger partial charge in [-0.3, -0.25) is 4.79 Å². The SMILES string of the molecule is C=C(C(=O)C1CC2CCCC(C1)N2)[Si](C)(C)C. The topological polar surface area (TPSA) is 29.1 Å². The van der Waals surface area contributed by atoms with E-state index in [4.69, 9.17) is 0 Å². The first-order valence-electron chi connectivity index (χ1n) is 6.87. The number of rotatable bonds is 3. The van der Waals surface area contributed by atoms with Crippen molar-refractivity contribution in [1.29, 1.82) is 0 Å². The molecule has 2 fully saturated rings. The molecule has 2 saturated heterocycles. The predicted molar refractivity (Wildman–Crippen MR) is 74.8 cm³/mol. The van der Waals surface area contributed by atoms with E-state index in [0.29, 0.717) is 17.9 Å². The lowest BCUT2D eigenvalue weighted by Gasteiger charge is -2.40. The molecule has 2 aliphatic heterocycles. The molecule has 0 amide bonds. The summed E-state index contributed by atoms with van der Waals surface area (Å²) >= 11 is 0. The monoisotopic (exact) mass is 251 g/mol. The van der Waals surface area contributed by atoms with Gasteiger partial charge in [-0.1, -0.05) is 32.6 Å². The third-order valence-electron chi connectivity index (χ3n) is 4.29. The first-order chi connectivity index (χ1) is 7.88. The van der Waals surface area contributed by atoms with Gasteiger partial charge in [0.05, 0.1) is 8.07 Å². The zero-order chi connectivity index (χ0) is 12.6. The largest absolute Gasteiger partial charge is 0.311 e. The molecule has 96 valence electrons. The normalized spacial score (nSPS) is 33.2. The quantitative estimate of drug-likeness (QED) is 0.617. The van der Waals surface area contributed by atoms with Crippen LogP contribution in [0.15, 0.2) is 11.8 Å². The number of hydrogen-bond acceptors (Lipinski definition) is 2. The number of hydrogen-bond donors (Lipinski definition) is 1. The van der Waals surface area contributed by atoms with Gasteiger partial charge in [0.2, 0.25) is 0 Å². The molecule has 17 heavy (non-hydrogen) atoms. The van der Waals surface area contributed by atoms with Crippen LogP contribution in [-0.4, -0.2) is 25.9 Å². The summed E-state index contributed by atoms with van der Waals surface area (Å²) in [5.74, 6) is 0.633. The number of carbonyl (C=O) groups excluding carboxylic acids is 1. The van der Waals surface area contributed by atoms with Gasteiger partial charge in [0.1, 0.15) is 0 Å². The Balaban J connectivity index is 2.03. The third kappa shape index (κ3) is 2.88. The van der Waals surface area contributed by atoms with Crippen LogP contribution in [0.2, 0.25) is 19.6 Å². The Kier molecular flexibility index (Phi) is 3.60. The summed E-state index contributed by atoms with van der Waals surface area (Å²) in [5, 5.41) is 4.59. The summed E-state index contributed by atoms with van der Waals surface area (Å²) in [7, 11) is -1.51. The third-order valence-corrected chi connectivity index (χ3v) is 6.35. The number of carbonyl (C=O) groups is 1. The van der Waals surface area contributed by atoms with Crippen LogP contribution in [0.5, 0.6) is 0 Å². The Morgan fingerprint density at radius 1 is 1.18 bits per heavy atom. The average Bonchev–Trinajstić information content (AvgIpc) is 2.25. The van der Waals surface area contributed by atoms with Crippen molar-refractivity contribution in [3.05, 3.63) is 11.8 Å². The summed E-state index contributed by atoms with van der Waals surface area (Å²) in [4.78, 5) is 12.5. The minimum atomic E-state index is -1.51. The molecule has 2 aliphatic rings. The Labute approximate surface area is 106 Å². The molecule has 0 saturated carbocycles. The maximum absolute atomic E-state index is 12.5. The predicted octanol–water partition coefficient (Wildman–Crippen LogP) is 2.91. The van der Waals surface area contributed by atoms with E-state index in [1.807, 2.05) is 0 Å². The molecule has 0 aromatic carbocycles. The second kappa shape index (κ2) is 4.69. The Hall–Kier alpha value is -0.413. The van der Waals surface area contributed by atoms with Gasteiger partial charge in [0.15, 0.2) is 5.78 Å². The molecule has 3 heteroatoms. The fourth-order valence-corrected chi connectivity index (χ4v) is 4.04. The van der Waals surface area contributed by atoms with Crippen LogP contribution < -0.4 is 5.32 Å². The zero-order valence-corrected chi connectivity index (χ0v) is 12.4. The van der Waals surface area contributed by atoms with E-state index in [0.717, 1.165) is 18.0 Å². The van der Waals surface area contributed by atoms with Crippen LogP contribution in [0.4, 0.5) is 0 Å². The number of piperidine rings is 2. The molecule has 0 spiro atoms. The highest BCUT2D eigenvalue weighted by atomic mass is 28.3. The summed E-state index contributed by atoms with van der Waals surface area (Å²) < 4.78 is 0. The van der Waals surface area contributed by atoms with Gasteiger partial charge >= 0.3 is 0 Å². The molecule has 2 atom stereocenters. The van der Waals surface area contributed by atoms with Crippen LogP contribution in [-0.2, 0) is 4.79 Å². The first-order valence-corrected chi connectivity index (χ1v) is 10.4. The number of allylic oxidation sites excluding steroid dienone is 1. The van der Waals surface area contributed by atoms with Gasteiger partial charge in [0, 0.05) is 18.0 Å². The summed E-state index contributed by atoms with van der Waals surface area (Å²) in [5.41, 5.74) is 0. The molecule has 1 N–H and O–H groups in total. The fraction of sp³-hybridized carbons (Fsp3) is 0.786. The second-order valence-electron chi connectivity index (χ2n) is 6.75.